The zero-order chi connectivity index (χ0) is 14.8. The average Bonchev–Trinajstić information content (AvgIpc) is 2.87. The molecule has 3 rings (SSSR count). The number of benzene rings is 2. The highest BCUT2D eigenvalue weighted by molar-refractivity contribution is 5.76. The molecule has 0 aliphatic carbocycles. The van der Waals surface area contributed by atoms with Crippen molar-refractivity contribution in [3.8, 4) is 0 Å². The van der Waals surface area contributed by atoms with Crippen LogP contribution < -0.4 is 5.73 Å². The lowest BCUT2D eigenvalue weighted by Crippen LogP contribution is -2.22. The summed E-state index contributed by atoms with van der Waals surface area (Å²) in [6.45, 7) is 2.47. The molecule has 0 amide bonds. The summed E-state index contributed by atoms with van der Waals surface area (Å²) >= 11 is 0. The summed E-state index contributed by atoms with van der Waals surface area (Å²) in [5.41, 5.74) is 8.84. The van der Waals surface area contributed by atoms with Crippen LogP contribution >= 0.6 is 0 Å². The van der Waals surface area contributed by atoms with Crippen molar-refractivity contribution in [1.29, 1.82) is 0 Å². The van der Waals surface area contributed by atoms with Crippen LogP contribution in [0.3, 0.4) is 0 Å². The molecular formula is C17H18FN3. The number of aryl methyl sites for hydroxylation is 1. The minimum absolute atomic E-state index is 0.108. The van der Waals surface area contributed by atoms with Crippen LogP contribution in [0, 0.1) is 5.82 Å². The number of halogens is 1. The van der Waals surface area contributed by atoms with Crippen molar-refractivity contribution < 1.29 is 4.39 Å². The Morgan fingerprint density at radius 1 is 1.19 bits per heavy atom. The Kier molecular flexibility index (Phi) is 3.71. The van der Waals surface area contributed by atoms with Gasteiger partial charge in [0.2, 0.25) is 0 Å². The van der Waals surface area contributed by atoms with Gasteiger partial charge in [0.15, 0.2) is 0 Å². The van der Waals surface area contributed by atoms with Gasteiger partial charge in [0, 0.05) is 13.0 Å². The average molecular weight is 283 g/mol. The number of rotatable bonds is 4. The van der Waals surface area contributed by atoms with E-state index < -0.39 is 0 Å². The minimum Gasteiger partial charge on any atom is -0.328 e. The summed E-state index contributed by atoms with van der Waals surface area (Å²) < 4.78 is 15.7. The molecule has 0 aliphatic rings. The van der Waals surface area contributed by atoms with Gasteiger partial charge in [0.05, 0.1) is 17.1 Å². The van der Waals surface area contributed by atoms with Crippen LogP contribution in [-0.2, 0) is 6.42 Å². The Bertz CT molecular complexity index is 764. The maximum atomic E-state index is 13.5. The molecule has 1 unspecified atom stereocenters. The van der Waals surface area contributed by atoms with Gasteiger partial charge in [0.25, 0.3) is 0 Å². The van der Waals surface area contributed by atoms with Crippen LogP contribution in [0.1, 0.15) is 24.4 Å². The molecule has 0 aliphatic heterocycles. The van der Waals surface area contributed by atoms with Crippen LogP contribution in [0.5, 0.6) is 0 Å². The van der Waals surface area contributed by atoms with Gasteiger partial charge in [-0.1, -0.05) is 31.2 Å². The summed E-state index contributed by atoms with van der Waals surface area (Å²) in [6, 6.07) is 14.5. The van der Waals surface area contributed by atoms with Gasteiger partial charge in [-0.3, -0.25) is 0 Å². The van der Waals surface area contributed by atoms with Crippen molar-refractivity contribution in [3.63, 3.8) is 0 Å². The molecule has 0 bridgehead atoms. The molecule has 1 aromatic heterocycles. The SMILES string of the molecule is CCc1nc2ccccc2n1C(CN)c1cccc(F)c1. The summed E-state index contributed by atoms with van der Waals surface area (Å²) in [4.78, 5) is 4.66. The van der Waals surface area contributed by atoms with Crippen molar-refractivity contribution in [2.24, 2.45) is 5.73 Å². The van der Waals surface area contributed by atoms with Crippen molar-refractivity contribution >= 4 is 11.0 Å². The van der Waals surface area contributed by atoms with Crippen LogP contribution in [0.25, 0.3) is 11.0 Å². The maximum absolute atomic E-state index is 13.5. The molecule has 2 aromatic carbocycles. The van der Waals surface area contributed by atoms with Crippen LogP contribution in [0.2, 0.25) is 0 Å². The third kappa shape index (κ3) is 2.43. The zero-order valence-corrected chi connectivity index (χ0v) is 12.0. The monoisotopic (exact) mass is 283 g/mol. The summed E-state index contributed by atoms with van der Waals surface area (Å²) in [5, 5.41) is 0. The van der Waals surface area contributed by atoms with Crippen molar-refractivity contribution in [1.82, 2.24) is 9.55 Å². The molecule has 3 aromatic rings. The lowest BCUT2D eigenvalue weighted by Gasteiger charge is -2.20. The molecule has 108 valence electrons. The number of fused-ring (bicyclic) bond motifs is 1. The molecule has 0 saturated carbocycles. The number of imidazole rings is 1. The largest absolute Gasteiger partial charge is 0.328 e. The Labute approximate surface area is 123 Å². The third-order valence-corrected chi connectivity index (χ3v) is 3.75. The molecular weight excluding hydrogens is 265 g/mol. The van der Waals surface area contributed by atoms with Gasteiger partial charge in [-0.25, -0.2) is 9.37 Å². The van der Waals surface area contributed by atoms with Crippen LogP contribution in [0.4, 0.5) is 4.39 Å². The Balaban J connectivity index is 2.21. The Hall–Kier alpha value is -2.20. The van der Waals surface area contributed by atoms with Gasteiger partial charge in [-0.15, -0.1) is 0 Å². The lowest BCUT2D eigenvalue weighted by atomic mass is 10.1. The van der Waals surface area contributed by atoms with Gasteiger partial charge < -0.3 is 10.3 Å². The van der Waals surface area contributed by atoms with Crippen LogP contribution in [0.15, 0.2) is 48.5 Å². The number of para-hydroxylation sites is 2. The van der Waals surface area contributed by atoms with E-state index in [9.17, 15) is 4.39 Å². The number of aromatic nitrogens is 2. The first-order valence-electron chi connectivity index (χ1n) is 7.16. The molecule has 1 atom stereocenters. The molecule has 21 heavy (non-hydrogen) atoms. The minimum atomic E-state index is -0.242. The molecule has 0 radical (unpaired) electrons. The molecule has 0 spiro atoms. The van der Waals surface area contributed by atoms with Crippen molar-refractivity contribution in [2.75, 3.05) is 6.54 Å². The zero-order valence-electron chi connectivity index (χ0n) is 12.0. The first-order valence-corrected chi connectivity index (χ1v) is 7.16. The summed E-state index contributed by atoms with van der Waals surface area (Å²) in [5.74, 6) is 0.726. The summed E-state index contributed by atoms with van der Waals surface area (Å²) in [7, 11) is 0. The number of hydrogen-bond acceptors (Lipinski definition) is 2. The number of nitrogens with zero attached hydrogens (tertiary/aromatic N) is 2. The second kappa shape index (κ2) is 5.66. The predicted octanol–water partition coefficient (Wildman–Crippen LogP) is 3.29. The van der Waals surface area contributed by atoms with Gasteiger partial charge in [0.1, 0.15) is 11.6 Å². The molecule has 0 fully saturated rings. The first-order chi connectivity index (χ1) is 10.2. The topological polar surface area (TPSA) is 43.8 Å². The molecule has 2 N–H and O–H groups in total. The number of hydrogen-bond donors (Lipinski definition) is 1. The second-order valence-corrected chi connectivity index (χ2v) is 5.05. The smallest absolute Gasteiger partial charge is 0.123 e. The van der Waals surface area contributed by atoms with Crippen LogP contribution in [-0.4, -0.2) is 16.1 Å². The highest BCUT2D eigenvalue weighted by atomic mass is 19.1. The van der Waals surface area contributed by atoms with E-state index in [4.69, 9.17) is 5.73 Å². The normalized spacial score (nSPS) is 12.7. The third-order valence-electron chi connectivity index (χ3n) is 3.75. The van der Waals surface area contributed by atoms with E-state index in [-0.39, 0.29) is 11.9 Å². The highest BCUT2D eigenvalue weighted by Gasteiger charge is 2.19. The highest BCUT2D eigenvalue weighted by Crippen LogP contribution is 2.26. The van der Waals surface area contributed by atoms with Gasteiger partial charge in [-0.05, 0) is 29.8 Å². The fraction of sp³-hybridized carbons (Fsp3) is 0.235. The van der Waals surface area contributed by atoms with Gasteiger partial charge >= 0.3 is 0 Å². The van der Waals surface area contributed by atoms with Gasteiger partial charge in [-0.2, -0.15) is 0 Å². The molecule has 4 heteroatoms. The predicted molar refractivity (Wildman–Crippen MR) is 82.7 cm³/mol. The van der Waals surface area contributed by atoms with E-state index in [1.807, 2.05) is 30.3 Å². The van der Waals surface area contributed by atoms with E-state index >= 15 is 0 Å². The second-order valence-electron chi connectivity index (χ2n) is 5.05. The van der Waals surface area contributed by atoms with Crippen molar-refractivity contribution in [2.45, 2.75) is 19.4 Å². The van der Waals surface area contributed by atoms with E-state index in [0.717, 1.165) is 28.8 Å². The quantitative estimate of drug-likeness (QED) is 0.798. The maximum Gasteiger partial charge on any atom is 0.123 e. The lowest BCUT2D eigenvalue weighted by molar-refractivity contribution is 0.572. The Morgan fingerprint density at radius 3 is 2.71 bits per heavy atom. The summed E-state index contributed by atoms with van der Waals surface area (Å²) in [6.07, 6.45) is 0.806. The van der Waals surface area contributed by atoms with Crippen molar-refractivity contribution in [3.05, 3.63) is 65.7 Å². The first kappa shape index (κ1) is 13.8. The fourth-order valence-corrected chi connectivity index (χ4v) is 2.80. The van der Waals surface area contributed by atoms with E-state index in [0.29, 0.717) is 6.54 Å². The van der Waals surface area contributed by atoms with E-state index in [1.165, 1.54) is 6.07 Å². The number of nitrogens with two attached hydrogens (primary N) is 1. The fourth-order valence-electron chi connectivity index (χ4n) is 2.80. The molecule has 1 heterocycles. The standard InChI is InChI=1S/C17H18FN3/c1-2-17-20-14-8-3-4-9-15(14)21(17)16(11-19)12-6-5-7-13(18)10-12/h3-10,16H,2,11,19H2,1H3. The van der Waals surface area contributed by atoms with E-state index in [2.05, 4.69) is 16.5 Å². The van der Waals surface area contributed by atoms with E-state index in [1.54, 1.807) is 12.1 Å². The Morgan fingerprint density at radius 2 is 2.00 bits per heavy atom. The molecule has 0 saturated heterocycles. The molecule has 3 nitrogen and oxygen atoms in total.